The molecule has 0 saturated carbocycles. The molecule has 0 N–H and O–H groups in total. The number of benzene rings is 1. The Kier molecular flexibility index (Phi) is 2.51. The lowest BCUT2D eigenvalue weighted by Gasteiger charge is -2.34. The third kappa shape index (κ3) is 1.65. The molecule has 0 spiro atoms. The van der Waals surface area contributed by atoms with Crippen molar-refractivity contribution in [3.05, 3.63) is 29.8 Å². The van der Waals surface area contributed by atoms with E-state index < -0.39 is 0 Å². The Balaban J connectivity index is 2.54. The molecule has 1 heterocycles. The van der Waals surface area contributed by atoms with E-state index in [1.165, 1.54) is 5.56 Å². The fourth-order valence-electron chi connectivity index (χ4n) is 1.90. The first-order chi connectivity index (χ1) is 7.19. The minimum absolute atomic E-state index is 0.205. The molecule has 0 bridgehead atoms. The van der Waals surface area contributed by atoms with E-state index in [0.29, 0.717) is 0 Å². The summed E-state index contributed by atoms with van der Waals surface area (Å²) in [6.45, 7) is 6.36. The van der Waals surface area contributed by atoms with Gasteiger partial charge < -0.3 is 4.74 Å². The Morgan fingerprint density at radius 1 is 1.27 bits per heavy atom. The predicted molar refractivity (Wildman–Crippen MR) is 62.6 cm³/mol. The van der Waals surface area contributed by atoms with Gasteiger partial charge in [0.05, 0.1) is 5.69 Å². The van der Waals surface area contributed by atoms with Crippen molar-refractivity contribution in [2.45, 2.75) is 39.2 Å². The summed E-state index contributed by atoms with van der Waals surface area (Å²) in [5, 5.41) is 0. The number of para-hydroxylation sites is 1. The van der Waals surface area contributed by atoms with E-state index >= 15 is 0 Å². The number of fused-ring (bicyclic) bond motifs is 1. The van der Waals surface area contributed by atoms with E-state index in [4.69, 9.17) is 4.74 Å². The van der Waals surface area contributed by atoms with Gasteiger partial charge >= 0.3 is 0 Å². The van der Waals surface area contributed by atoms with E-state index in [1.807, 2.05) is 12.1 Å². The molecule has 2 rings (SSSR count). The van der Waals surface area contributed by atoms with Gasteiger partial charge in [0, 0.05) is 12.0 Å². The van der Waals surface area contributed by atoms with Gasteiger partial charge in [0.2, 0.25) is 0 Å². The van der Waals surface area contributed by atoms with Gasteiger partial charge in [-0.15, -0.1) is 0 Å². The molecule has 1 aromatic rings. The van der Waals surface area contributed by atoms with Gasteiger partial charge in [-0.3, -0.25) is 0 Å². The van der Waals surface area contributed by atoms with Crippen molar-refractivity contribution in [2.24, 2.45) is 4.99 Å². The van der Waals surface area contributed by atoms with Crippen LogP contribution in [0.25, 0.3) is 0 Å². The normalized spacial score (nSPS) is 24.1. The van der Waals surface area contributed by atoms with Gasteiger partial charge in [-0.05, 0) is 19.4 Å². The minimum Gasteiger partial charge on any atom is -0.470 e. The van der Waals surface area contributed by atoms with Gasteiger partial charge in [0.25, 0.3) is 0 Å². The molecule has 80 valence electrons. The molecule has 15 heavy (non-hydrogen) atoms. The van der Waals surface area contributed by atoms with Gasteiger partial charge in [-0.25, -0.2) is 4.99 Å². The van der Waals surface area contributed by atoms with Crippen LogP contribution in [0, 0.1) is 0 Å². The smallest absolute Gasteiger partial charge is 0.189 e. The van der Waals surface area contributed by atoms with Crippen LogP contribution in [0.15, 0.2) is 29.3 Å². The highest BCUT2D eigenvalue weighted by molar-refractivity contribution is 5.82. The fourth-order valence-corrected chi connectivity index (χ4v) is 1.90. The van der Waals surface area contributed by atoms with Gasteiger partial charge in [0.1, 0.15) is 5.60 Å². The number of hydrogen-bond acceptors (Lipinski definition) is 2. The third-order valence-electron chi connectivity index (χ3n) is 3.04. The van der Waals surface area contributed by atoms with Crippen LogP contribution in [-0.4, -0.2) is 5.90 Å². The quantitative estimate of drug-likeness (QED) is 0.716. The first-order valence-electron chi connectivity index (χ1n) is 5.55. The van der Waals surface area contributed by atoms with E-state index in [0.717, 1.165) is 24.4 Å². The van der Waals surface area contributed by atoms with Crippen molar-refractivity contribution in [1.82, 2.24) is 0 Å². The third-order valence-corrected chi connectivity index (χ3v) is 3.04. The topological polar surface area (TPSA) is 21.6 Å². The lowest BCUT2D eigenvalue weighted by Crippen LogP contribution is -2.30. The first kappa shape index (κ1) is 10.2. The lowest BCUT2D eigenvalue weighted by atomic mass is 9.90. The van der Waals surface area contributed by atoms with Gasteiger partial charge in [-0.2, -0.15) is 0 Å². The van der Waals surface area contributed by atoms with Crippen molar-refractivity contribution in [3.8, 4) is 0 Å². The minimum atomic E-state index is -0.205. The molecule has 0 radical (unpaired) electrons. The highest BCUT2D eigenvalue weighted by Gasteiger charge is 2.33. The van der Waals surface area contributed by atoms with E-state index in [9.17, 15) is 0 Å². The Morgan fingerprint density at radius 2 is 2.00 bits per heavy atom. The Hall–Kier alpha value is -1.31. The maximum absolute atomic E-state index is 5.95. The SMILES string of the molecule is CCC1=Nc2ccccc2C(C)(CC)O1. The average molecular weight is 203 g/mol. The van der Waals surface area contributed by atoms with Crippen molar-refractivity contribution in [3.63, 3.8) is 0 Å². The summed E-state index contributed by atoms with van der Waals surface area (Å²) in [6.07, 6.45) is 1.81. The van der Waals surface area contributed by atoms with Crippen molar-refractivity contribution < 1.29 is 4.74 Å². The summed E-state index contributed by atoms with van der Waals surface area (Å²) < 4.78 is 5.95. The average Bonchev–Trinajstić information content (AvgIpc) is 2.29. The summed E-state index contributed by atoms with van der Waals surface area (Å²) in [6, 6.07) is 8.23. The molecule has 0 aromatic heterocycles. The highest BCUT2D eigenvalue weighted by Crippen LogP contribution is 2.39. The number of ether oxygens (including phenoxy) is 1. The van der Waals surface area contributed by atoms with E-state index in [-0.39, 0.29) is 5.60 Å². The first-order valence-corrected chi connectivity index (χ1v) is 5.55. The summed E-state index contributed by atoms with van der Waals surface area (Å²) in [5.74, 6) is 0.845. The monoisotopic (exact) mass is 203 g/mol. The maximum Gasteiger partial charge on any atom is 0.189 e. The molecular formula is C13H17NO. The number of nitrogens with zero attached hydrogens (tertiary/aromatic N) is 1. The van der Waals surface area contributed by atoms with E-state index in [2.05, 4.69) is 37.9 Å². The molecule has 0 aliphatic carbocycles. The summed E-state index contributed by atoms with van der Waals surface area (Å²) >= 11 is 0. The van der Waals surface area contributed by atoms with Crippen LogP contribution < -0.4 is 0 Å². The Labute approximate surface area is 91.0 Å². The zero-order chi connectivity index (χ0) is 10.9. The number of rotatable bonds is 2. The number of hydrogen-bond donors (Lipinski definition) is 0. The largest absolute Gasteiger partial charge is 0.470 e. The molecule has 2 nitrogen and oxygen atoms in total. The summed E-state index contributed by atoms with van der Waals surface area (Å²) in [7, 11) is 0. The lowest BCUT2D eigenvalue weighted by molar-refractivity contribution is 0.0616. The molecule has 1 atom stereocenters. The molecular weight excluding hydrogens is 186 g/mol. The van der Waals surface area contributed by atoms with Crippen LogP contribution in [0.3, 0.4) is 0 Å². The van der Waals surface area contributed by atoms with Crippen molar-refractivity contribution in [2.75, 3.05) is 0 Å². The molecule has 1 aliphatic rings. The van der Waals surface area contributed by atoms with Crippen LogP contribution in [0.2, 0.25) is 0 Å². The molecule has 1 aromatic carbocycles. The standard InChI is InChI=1S/C13H17NO/c1-4-12-14-11-9-7-6-8-10(11)13(3,5-2)15-12/h6-9H,4-5H2,1-3H3. The molecule has 0 saturated heterocycles. The highest BCUT2D eigenvalue weighted by atomic mass is 16.5. The summed E-state index contributed by atoms with van der Waals surface area (Å²) in [5.41, 5.74) is 2.05. The molecule has 2 heteroatoms. The van der Waals surface area contributed by atoms with Crippen molar-refractivity contribution in [1.29, 1.82) is 0 Å². The molecule has 1 unspecified atom stereocenters. The van der Waals surface area contributed by atoms with Crippen LogP contribution in [0.5, 0.6) is 0 Å². The van der Waals surface area contributed by atoms with Crippen LogP contribution >= 0.6 is 0 Å². The van der Waals surface area contributed by atoms with Crippen LogP contribution in [0.4, 0.5) is 5.69 Å². The second-order valence-corrected chi connectivity index (χ2v) is 4.06. The second kappa shape index (κ2) is 3.69. The Morgan fingerprint density at radius 3 is 2.67 bits per heavy atom. The molecule has 1 aliphatic heterocycles. The fraction of sp³-hybridized carbons (Fsp3) is 0.462. The summed E-state index contributed by atoms with van der Waals surface area (Å²) in [4.78, 5) is 4.50. The molecule has 0 amide bonds. The zero-order valence-electron chi connectivity index (χ0n) is 9.58. The zero-order valence-corrected chi connectivity index (χ0v) is 9.58. The van der Waals surface area contributed by atoms with Gasteiger partial charge in [0.15, 0.2) is 5.90 Å². The maximum atomic E-state index is 5.95. The molecule has 0 fully saturated rings. The van der Waals surface area contributed by atoms with E-state index in [1.54, 1.807) is 0 Å². The van der Waals surface area contributed by atoms with Crippen LogP contribution in [0.1, 0.15) is 39.2 Å². The Bertz CT molecular complexity index is 397. The van der Waals surface area contributed by atoms with Crippen LogP contribution in [-0.2, 0) is 10.3 Å². The second-order valence-electron chi connectivity index (χ2n) is 4.06. The van der Waals surface area contributed by atoms with Gasteiger partial charge in [-0.1, -0.05) is 32.0 Å². The predicted octanol–water partition coefficient (Wildman–Crippen LogP) is 3.78. The van der Waals surface area contributed by atoms with Crippen molar-refractivity contribution >= 4 is 11.6 Å². The number of aliphatic imine (C=N–C) groups is 1.